The standard InChI is InChI=1S/C28H36N4O2/c1-20(2)17-32-19-26(24-10-6-7-11-25(24)27(32)33)30-28(34)29-16-22-12-14-31(15-13-22)18-23-9-5-4-8-21(23)3/h4-11,19-20,22H,12-18H2,1-3H3,(H2,29,30,34). The molecule has 0 unspecified atom stereocenters. The lowest BCUT2D eigenvalue weighted by molar-refractivity contribution is 0.175. The molecule has 2 N–H and O–H groups in total. The van der Waals surface area contributed by atoms with Gasteiger partial charge in [-0.15, -0.1) is 0 Å². The first-order valence-electron chi connectivity index (χ1n) is 12.3. The van der Waals surface area contributed by atoms with Crippen LogP contribution in [0.5, 0.6) is 0 Å². The molecule has 0 spiro atoms. The molecule has 0 atom stereocenters. The van der Waals surface area contributed by atoms with E-state index >= 15 is 0 Å². The van der Waals surface area contributed by atoms with Crippen LogP contribution in [0.25, 0.3) is 10.8 Å². The number of anilines is 1. The number of aromatic nitrogens is 1. The zero-order valence-electron chi connectivity index (χ0n) is 20.5. The Labute approximate surface area is 202 Å². The number of aryl methyl sites for hydroxylation is 1. The first-order valence-corrected chi connectivity index (χ1v) is 12.3. The highest BCUT2D eigenvalue weighted by Gasteiger charge is 2.20. The van der Waals surface area contributed by atoms with Crippen LogP contribution in [0.1, 0.15) is 37.8 Å². The third-order valence-corrected chi connectivity index (χ3v) is 6.72. The summed E-state index contributed by atoms with van der Waals surface area (Å²) >= 11 is 0. The van der Waals surface area contributed by atoms with Gasteiger partial charge in [0, 0.05) is 36.6 Å². The molecule has 1 saturated heterocycles. The van der Waals surface area contributed by atoms with Crippen LogP contribution in [-0.2, 0) is 13.1 Å². The maximum atomic E-state index is 12.8. The Morgan fingerprint density at radius 3 is 2.41 bits per heavy atom. The van der Waals surface area contributed by atoms with E-state index in [9.17, 15) is 9.59 Å². The molecule has 1 aromatic heterocycles. The number of rotatable bonds is 7. The Balaban J connectivity index is 1.33. The Morgan fingerprint density at radius 2 is 1.71 bits per heavy atom. The highest BCUT2D eigenvalue weighted by Crippen LogP contribution is 2.22. The number of benzene rings is 2. The predicted octanol–water partition coefficient (Wildman–Crippen LogP) is 5.00. The number of carbonyl (C=O) groups excluding carboxylic acids is 1. The van der Waals surface area contributed by atoms with Crippen LogP contribution >= 0.6 is 0 Å². The summed E-state index contributed by atoms with van der Waals surface area (Å²) in [6, 6.07) is 15.8. The second-order valence-corrected chi connectivity index (χ2v) is 9.92. The molecule has 2 amide bonds. The second kappa shape index (κ2) is 10.9. The lowest BCUT2D eigenvalue weighted by Gasteiger charge is -2.32. The van der Waals surface area contributed by atoms with Crippen LogP contribution in [0.4, 0.5) is 10.5 Å². The normalized spacial score (nSPS) is 15.1. The zero-order chi connectivity index (χ0) is 24.1. The molecule has 6 nitrogen and oxygen atoms in total. The average Bonchev–Trinajstić information content (AvgIpc) is 2.83. The predicted molar refractivity (Wildman–Crippen MR) is 139 cm³/mol. The number of nitrogens with zero attached hydrogens (tertiary/aromatic N) is 2. The lowest BCUT2D eigenvalue weighted by Crippen LogP contribution is -2.39. The fourth-order valence-electron chi connectivity index (χ4n) is 4.75. The van der Waals surface area contributed by atoms with Crippen LogP contribution in [-0.4, -0.2) is 35.1 Å². The van der Waals surface area contributed by atoms with E-state index in [1.54, 1.807) is 10.8 Å². The maximum Gasteiger partial charge on any atom is 0.319 e. The van der Waals surface area contributed by atoms with Gasteiger partial charge in [0.15, 0.2) is 0 Å². The molecule has 0 bridgehead atoms. The van der Waals surface area contributed by atoms with E-state index in [4.69, 9.17) is 0 Å². The van der Waals surface area contributed by atoms with Crippen molar-refractivity contribution in [3.63, 3.8) is 0 Å². The van der Waals surface area contributed by atoms with Crippen molar-refractivity contribution in [3.05, 3.63) is 76.2 Å². The summed E-state index contributed by atoms with van der Waals surface area (Å²) in [7, 11) is 0. The summed E-state index contributed by atoms with van der Waals surface area (Å²) in [5.74, 6) is 0.808. The Kier molecular flexibility index (Phi) is 7.68. The van der Waals surface area contributed by atoms with Crippen LogP contribution in [0.3, 0.4) is 0 Å². The van der Waals surface area contributed by atoms with Crippen molar-refractivity contribution in [2.24, 2.45) is 11.8 Å². The van der Waals surface area contributed by atoms with E-state index in [0.29, 0.717) is 36.0 Å². The third kappa shape index (κ3) is 5.86. The molecule has 2 aromatic carbocycles. The molecular formula is C28H36N4O2. The number of hydrogen-bond acceptors (Lipinski definition) is 3. The van der Waals surface area contributed by atoms with Crippen LogP contribution in [0, 0.1) is 18.8 Å². The van der Waals surface area contributed by atoms with Gasteiger partial charge in [-0.25, -0.2) is 4.79 Å². The topological polar surface area (TPSA) is 66.4 Å². The summed E-state index contributed by atoms with van der Waals surface area (Å²) in [4.78, 5) is 28.1. The molecule has 0 radical (unpaired) electrons. The molecule has 0 aliphatic carbocycles. The number of piperidine rings is 1. The highest BCUT2D eigenvalue weighted by molar-refractivity contribution is 6.00. The molecule has 0 saturated carbocycles. The number of nitrogens with one attached hydrogen (secondary N) is 2. The van der Waals surface area contributed by atoms with E-state index in [2.05, 4.69) is 60.6 Å². The fourth-order valence-corrected chi connectivity index (χ4v) is 4.75. The minimum Gasteiger partial charge on any atom is -0.338 e. The third-order valence-electron chi connectivity index (χ3n) is 6.72. The van der Waals surface area contributed by atoms with E-state index < -0.39 is 0 Å². The molecule has 1 aliphatic heterocycles. The molecule has 180 valence electrons. The van der Waals surface area contributed by atoms with Gasteiger partial charge < -0.3 is 15.2 Å². The molecular weight excluding hydrogens is 424 g/mol. The van der Waals surface area contributed by atoms with Gasteiger partial charge in [-0.05, 0) is 61.9 Å². The quantitative estimate of drug-likeness (QED) is 0.521. The molecule has 34 heavy (non-hydrogen) atoms. The van der Waals surface area contributed by atoms with Crippen molar-refractivity contribution in [2.45, 2.75) is 46.7 Å². The monoisotopic (exact) mass is 460 g/mol. The van der Waals surface area contributed by atoms with Crippen molar-refractivity contribution < 1.29 is 4.79 Å². The number of carbonyl (C=O) groups is 1. The minimum atomic E-state index is -0.220. The van der Waals surface area contributed by atoms with Crippen LogP contribution < -0.4 is 16.2 Å². The van der Waals surface area contributed by atoms with Gasteiger partial charge in [0.2, 0.25) is 0 Å². The number of pyridine rings is 1. The minimum absolute atomic E-state index is 0.0206. The highest BCUT2D eigenvalue weighted by atomic mass is 16.2. The van der Waals surface area contributed by atoms with Gasteiger partial charge >= 0.3 is 6.03 Å². The summed E-state index contributed by atoms with van der Waals surface area (Å²) in [6.07, 6.45) is 3.93. The maximum absolute atomic E-state index is 12.8. The summed E-state index contributed by atoms with van der Waals surface area (Å²) in [5.41, 5.74) is 3.38. The SMILES string of the molecule is Cc1ccccc1CN1CCC(CNC(=O)Nc2cn(CC(C)C)c(=O)c3ccccc23)CC1. The van der Waals surface area contributed by atoms with Gasteiger partial charge in [-0.2, -0.15) is 0 Å². The van der Waals surface area contributed by atoms with Crippen molar-refractivity contribution in [1.29, 1.82) is 0 Å². The summed E-state index contributed by atoms with van der Waals surface area (Å²) in [5, 5.41) is 7.45. The van der Waals surface area contributed by atoms with Crippen molar-refractivity contribution in [1.82, 2.24) is 14.8 Å². The molecule has 1 fully saturated rings. The first kappa shape index (κ1) is 24.0. The van der Waals surface area contributed by atoms with Gasteiger partial charge in [0.05, 0.1) is 5.69 Å². The first-order chi connectivity index (χ1) is 16.4. The molecule has 2 heterocycles. The number of likely N-dealkylation sites (tertiary alicyclic amines) is 1. The van der Waals surface area contributed by atoms with Crippen LogP contribution in [0.15, 0.2) is 59.5 Å². The van der Waals surface area contributed by atoms with Crippen LogP contribution in [0.2, 0.25) is 0 Å². The number of urea groups is 1. The fraction of sp³-hybridized carbons (Fsp3) is 0.429. The van der Waals surface area contributed by atoms with Crippen molar-refractivity contribution in [2.75, 3.05) is 25.0 Å². The van der Waals surface area contributed by atoms with Crippen molar-refractivity contribution in [3.8, 4) is 0 Å². The Bertz CT molecular complexity index is 1190. The van der Waals surface area contributed by atoms with Gasteiger partial charge in [0.1, 0.15) is 0 Å². The Morgan fingerprint density at radius 1 is 1.03 bits per heavy atom. The van der Waals surface area contributed by atoms with Crippen molar-refractivity contribution >= 4 is 22.5 Å². The van der Waals surface area contributed by atoms with E-state index in [1.165, 1.54) is 11.1 Å². The molecule has 6 heteroatoms. The largest absolute Gasteiger partial charge is 0.338 e. The second-order valence-electron chi connectivity index (χ2n) is 9.92. The Hall–Kier alpha value is -3.12. The van der Waals surface area contributed by atoms with Gasteiger partial charge in [0.25, 0.3) is 5.56 Å². The molecule has 4 rings (SSSR count). The van der Waals surface area contributed by atoms with E-state index in [-0.39, 0.29) is 11.6 Å². The lowest BCUT2D eigenvalue weighted by atomic mass is 9.96. The smallest absolute Gasteiger partial charge is 0.319 e. The summed E-state index contributed by atoms with van der Waals surface area (Å²) in [6.45, 7) is 10.7. The van der Waals surface area contributed by atoms with Gasteiger partial charge in [-0.3, -0.25) is 9.69 Å². The zero-order valence-corrected chi connectivity index (χ0v) is 20.5. The molecule has 3 aromatic rings. The number of hydrogen-bond donors (Lipinski definition) is 2. The van der Waals surface area contributed by atoms with E-state index in [0.717, 1.165) is 37.9 Å². The average molecular weight is 461 g/mol. The number of amides is 2. The van der Waals surface area contributed by atoms with E-state index in [1.807, 2.05) is 24.3 Å². The summed E-state index contributed by atoms with van der Waals surface area (Å²) < 4.78 is 1.70. The number of fused-ring (bicyclic) bond motifs is 1. The van der Waals surface area contributed by atoms with Gasteiger partial charge in [-0.1, -0.05) is 56.3 Å². The molecule has 1 aliphatic rings.